The number of hydrogen-bond donors (Lipinski definition) is 1. The lowest BCUT2D eigenvalue weighted by atomic mass is 9.80. The largest absolute Gasteiger partial charge is 0.303 e. The monoisotopic (exact) mass is 527 g/mol. The summed E-state index contributed by atoms with van der Waals surface area (Å²) in [6, 6.07) is 5.90. The Morgan fingerprint density at radius 3 is 2.64 bits per heavy atom. The van der Waals surface area contributed by atoms with E-state index >= 15 is 0 Å². The number of aromatic nitrogens is 3. The number of unbranched alkanes of at least 4 members (excludes halogenated alkanes) is 1. The highest BCUT2D eigenvalue weighted by molar-refractivity contribution is 5.97. The van der Waals surface area contributed by atoms with E-state index in [1.54, 1.807) is 6.20 Å². The smallest absolute Gasteiger partial charge is 0.250 e. The quantitative estimate of drug-likeness (QED) is 0.220. The Hall–Kier alpha value is -2.69. The van der Waals surface area contributed by atoms with E-state index in [0.717, 1.165) is 59.7 Å². The first-order chi connectivity index (χ1) is 19.1. The van der Waals surface area contributed by atoms with Crippen molar-refractivity contribution in [3.63, 3.8) is 0 Å². The van der Waals surface area contributed by atoms with Gasteiger partial charge >= 0.3 is 0 Å². The van der Waals surface area contributed by atoms with Crippen LogP contribution < -0.4 is 0 Å². The van der Waals surface area contributed by atoms with Crippen LogP contribution in [0.15, 0.2) is 47.7 Å². The molecule has 4 rings (SSSR count). The molecule has 1 saturated carbocycles. The van der Waals surface area contributed by atoms with Gasteiger partial charge < -0.3 is 5.41 Å². The number of rotatable bonds is 12. The van der Waals surface area contributed by atoms with E-state index < -0.39 is 0 Å². The maximum atomic E-state index is 8.57. The van der Waals surface area contributed by atoms with E-state index in [2.05, 4.69) is 42.9 Å². The summed E-state index contributed by atoms with van der Waals surface area (Å²) >= 11 is 0. The predicted octanol–water partition coefficient (Wildman–Crippen LogP) is 9.55. The van der Waals surface area contributed by atoms with Gasteiger partial charge in [0.15, 0.2) is 0 Å². The SMILES string of the molecule is CCCCC(CCC)CCC(=N)c1ccc(-c2ccnc(N=C3C=CC(C4CCCC(C)CC4)CC3)n2)cn1. The van der Waals surface area contributed by atoms with Crippen molar-refractivity contribution in [1.82, 2.24) is 15.0 Å². The zero-order valence-corrected chi connectivity index (χ0v) is 24.5. The second-order valence-corrected chi connectivity index (χ2v) is 12.0. The number of pyridine rings is 1. The number of nitrogens with zero attached hydrogens (tertiary/aromatic N) is 4. The average Bonchev–Trinajstić information content (AvgIpc) is 3.19. The van der Waals surface area contributed by atoms with E-state index in [1.807, 2.05) is 24.4 Å². The van der Waals surface area contributed by atoms with Crippen LogP contribution in [0.5, 0.6) is 0 Å². The van der Waals surface area contributed by atoms with Crippen LogP contribution >= 0.6 is 0 Å². The van der Waals surface area contributed by atoms with Gasteiger partial charge in [0.25, 0.3) is 0 Å². The van der Waals surface area contributed by atoms with Gasteiger partial charge in [-0.15, -0.1) is 0 Å². The van der Waals surface area contributed by atoms with Gasteiger partial charge in [0.05, 0.1) is 17.1 Å². The predicted molar refractivity (Wildman–Crippen MR) is 164 cm³/mol. The lowest BCUT2D eigenvalue weighted by Gasteiger charge is -2.26. The fourth-order valence-electron chi connectivity index (χ4n) is 6.38. The van der Waals surface area contributed by atoms with Gasteiger partial charge in [-0.3, -0.25) is 4.98 Å². The first kappa shape index (κ1) is 29.3. The molecule has 2 aromatic heterocycles. The molecule has 0 radical (unpaired) electrons. The Bertz CT molecular complexity index is 1100. The minimum atomic E-state index is 0.514. The summed E-state index contributed by atoms with van der Waals surface area (Å²) in [5.74, 6) is 3.66. The van der Waals surface area contributed by atoms with Crippen LogP contribution in [0.3, 0.4) is 0 Å². The minimum Gasteiger partial charge on any atom is -0.303 e. The Labute approximate surface area is 236 Å². The van der Waals surface area contributed by atoms with Crippen LogP contribution in [0.25, 0.3) is 11.3 Å². The van der Waals surface area contributed by atoms with Crippen molar-refractivity contribution >= 4 is 17.4 Å². The lowest BCUT2D eigenvalue weighted by molar-refractivity contribution is 0.331. The average molecular weight is 528 g/mol. The fourth-order valence-corrected chi connectivity index (χ4v) is 6.38. The molecule has 0 amide bonds. The molecule has 4 unspecified atom stereocenters. The van der Waals surface area contributed by atoms with E-state index in [9.17, 15) is 0 Å². The molecule has 2 aromatic rings. The molecule has 5 heteroatoms. The molecule has 4 atom stereocenters. The number of allylic oxidation sites excluding steroid dienone is 2. The number of aliphatic imine (C=N–C) groups is 1. The Morgan fingerprint density at radius 2 is 1.90 bits per heavy atom. The molecule has 210 valence electrons. The Balaban J connectivity index is 1.35. The first-order valence-electron chi connectivity index (χ1n) is 15.7. The third kappa shape index (κ3) is 8.91. The van der Waals surface area contributed by atoms with Gasteiger partial charge in [-0.05, 0) is 86.5 Å². The summed E-state index contributed by atoms with van der Waals surface area (Å²) in [5.41, 5.74) is 4.23. The van der Waals surface area contributed by atoms with Crippen molar-refractivity contribution in [2.24, 2.45) is 28.7 Å². The summed E-state index contributed by atoms with van der Waals surface area (Å²) in [6.45, 7) is 6.92. The Morgan fingerprint density at radius 1 is 1.00 bits per heavy atom. The highest BCUT2D eigenvalue weighted by atomic mass is 15.0. The normalized spacial score (nSPS) is 23.5. The van der Waals surface area contributed by atoms with Crippen LogP contribution in [-0.4, -0.2) is 26.4 Å². The van der Waals surface area contributed by atoms with Gasteiger partial charge in [-0.2, -0.15) is 0 Å². The van der Waals surface area contributed by atoms with Crippen LogP contribution in [0.2, 0.25) is 0 Å². The van der Waals surface area contributed by atoms with E-state index in [1.165, 1.54) is 70.6 Å². The molecule has 1 fully saturated rings. The van der Waals surface area contributed by atoms with Crippen molar-refractivity contribution in [3.8, 4) is 11.3 Å². The number of hydrogen-bond acceptors (Lipinski definition) is 5. The summed E-state index contributed by atoms with van der Waals surface area (Å²) in [5, 5.41) is 8.57. The number of nitrogens with one attached hydrogen (secondary N) is 1. The van der Waals surface area contributed by atoms with Gasteiger partial charge in [0, 0.05) is 23.7 Å². The standard InChI is InChI=1S/C34H49N5/c1-4-6-10-26(8-5-2)13-20-31(35)33-21-17-29(24-37-33)32-22-23-36-34(39-32)38-30-18-15-28(16-19-30)27-11-7-9-25(3)12-14-27/h15,17-18,21-28,35H,4-14,16,19-20H2,1-3H3. The van der Waals surface area contributed by atoms with Crippen molar-refractivity contribution in [2.75, 3.05) is 0 Å². The molecule has 0 aliphatic heterocycles. The molecular weight excluding hydrogens is 478 g/mol. The van der Waals surface area contributed by atoms with Crippen molar-refractivity contribution < 1.29 is 0 Å². The van der Waals surface area contributed by atoms with E-state index in [0.29, 0.717) is 17.6 Å². The second kappa shape index (κ2) is 15.2. The zero-order chi connectivity index (χ0) is 27.5. The highest BCUT2D eigenvalue weighted by Crippen LogP contribution is 2.36. The van der Waals surface area contributed by atoms with Gasteiger partial charge in [-0.1, -0.05) is 78.2 Å². The molecule has 0 bridgehead atoms. The summed E-state index contributed by atoms with van der Waals surface area (Å²) in [4.78, 5) is 18.6. The molecule has 2 aliphatic rings. The molecule has 0 saturated heterocycles. The minimum absolute atomic E-state index is 0.514. The van der Waals surface area contributed by atoms with Crippen LogP contribution in [-0.2, 0) is 0 Å². The van der Waals surface area contributed by atoms with Crippen LogP contribution in [0.1, 0.15) is 116 Å². The molecule has 5 nitrogen and oxygen atoms in total. The lowest BCUT2D eigenvalue weighted by Crippen LogP contribution is -2.17. The van der Waals surface area contributed by atoms with Gasteiger partial charge in [0.2, 0.25) is 5.95 Å². The van der Waals surface area contributed by atoms with Gasteiger partial charge in [0.1, 0.15) is 0 Å². The summed E-state index contributed by atoms with van der Waals surface area (Å²) < 4.78 is 0. The van der Waals surface area contributed by atoms with Crippen LogP contribution in [0.4, 0.5) is 5.95 Å². The molecule has 1 N–H and O–H groups in total. The summed E-state index contributed by atoms with van der Waals surface area (Å²) in [7, 11) is 0. The summed E-state index contributed by atoms with van der Waals surface area (Å²) in [6.07, 6.45) is 25.5. The molecular formula is C34H49N5. The molecule has 2 heterocycles. The molecule has 0 spiro atoms. The molecule has 0 aromatic carbocycles. The fraction of sp³-hybridized carbons (Fsp3) is 0.618. The molecule has 39 heavy (non-hydrogen) atoms. The first-order valence-corrected chi connectivity index (χ1v) is 15.7. The van der Waals surface area contributed by atoms with E-state index in [4.69, 9.17) is 15.4 Å². The zero-order valence-electron chi connectivity index (χ0n) is 24.5. The highest BCUT2D eigenvalue weighted by Gasteiger charge is 2.25. The maximum Gasteiger partial charge on any atom is 0.250 e. The third-order valence-electron chi connectivity index (χ3n) is 8.90. The van der Waals surface area contributed by atoms with E-state index in [-0.39, 0.29) is 0 Å². The van der Waals surface area contributed by atoms with Crippen molar-refractivity contribution in [1.29, 1.82) is 5.41 Å². The molecule has 2 aliphatic carbocycles. The van der Waals surface area contributed by atoms with Gasteiger partial charge in [-0.25, -0.2) is 15.0 Å². The van der Waals surface area contributed by atoms with Crippen molar-refractivity contribution in [3.05, 3.63) is 48.4 Å². The van der Waals surface area contributed by atoms with Crippen molar-refractivity contribution in [2.45, 2.75) is 111 Å². The Kier molecular flexibility index (Phi) is 11.4. The second-order valence-electron chi connectivity index (χ2n) is 12.0. The topological polar surface area (TPSA) is 74.9 Å². The third-order valence-corrected chi connectivity index (χ3v) is 8.90. The van der Waals surface area contributed by atoms with Crippen LogP contribution in [0, 0.1) is 29.1 Å². The maximum absolute atomic E-state index is 8.57.